The van der Waals surface area contributed by atoms with Gasteiger partial charge in [-0.1, -0.05) is 23.2 Å². The molecule has 0 bridgehead atoms. The maximum Gasteiger partial charge on any atom is 0.416 e. The van der Waals surface area contributed by atoms with Crippen molar-refractivity contribution < 1.29 is 13.2 Å². The molecule has 0 aliphatic heterocycles. The molecule has 0 aliphatic rings. The van der Waals surface area contributed by atoms with E-state index in [0.29, 0.717) is 5.69 Å². The highest BCUT2D eigenvalue weighted by atomic mass is 35.5. The molecular weight excluding hydrogens is 418 g/mol. The Bertz CT molecular complexity index is 1110. The molecule has 12 heteroatoms. The second kappa shape index (κ2) is 7.35. The molecule has 1 N–H and O–H groups in total. The summed E-state index contributed by atoms with van der Waals surface area (Å²) >= 11 is 11.9. The van der Waals surface area contributed by atoms with Crippen LogP contribution in [0.3, 0.4) is 0 Å². The van der Waals surface area contributed by atoms with Crippen LogP contribution in [0.25, 0.3) is 17.8 Å². The molecule has 0 unspecified atom stereocenters. The van der Waals surface area contributed by atoms with E-state index in [1.54, 1.807) is 12.1 Å². The van der Waals surface area contributed by atoms with Crippen LogP contribution in [0.2, 0.25) is 10.0 Å². The van der Waals surface area contributed by atoms with E-state index in [0.717, 1.165) is 16.9 Å². The third-order valence-electron chi connectivity index (χ3n) is 3.41. The van der Waals surface area contributed by atoms with Gasteiger partial charge in [-0.05, 0) is 24.3 Å². The number of H-pyrrole nitrogens is 1. The monoisotopic (exact) mass is 423 g/mol. The predicted molar refractivity (Wildman–Crippen MR) is 93.3 cm³/mol. The van der Waals surface area contributed by atoms with Gasteiger partial charge in [0.2, 0.25) is 0 Å². The van der Waals surface area contributed by atoms with Crippen molar-refractivity contribution in [1.29, 1.82) is 10.5 Å². The lowest BCUT2D eigenvalue weighted by molar-refractivity contribution is -0.137. The van der Waals surface area contributed by atoms with E-state index in [2.05, 4.69) is 20.2 Å². The Kier molecular flexibility index (Phi) is 5.10. The summed E-state index contributed by atoms with van der Waals surface area (Å²) < 4.78 is 38.4. The first-order valence-electron chi connectivity index (χ1n) is 7.30. The quantitative estimate of drug-likeness (QED) is 0.677. The van der Waals surface area contributed by atoms with Gasteiger partial charge in [0, 0.05) is 0 Å². The summed E-state index contributed by atoms with van der Waals surface area (Å²) in [6.45, 7) is 0. The van der Waals surface area contributed by atoms with Gasteiger partial charge in [0.1, 0.15) is 29.3 Å². The summed E-state index contributed by atoms with van der Waals surface area (Å²) in [5, 5.41) is 25.2. The average Bonchev–Trinajstić information content (AvgIpc) is 3.24. The van der Waals surface area contributed by atoms with Gasteiger partial charge in [-0.15, -0.1) is 9.90 Å². The number of imidazole rings is 1. The zero-order chi connectivity index (χ0) is 20.5. The Balaban J connectivity index is 1.90. The highest BCUT2D eigenvalue weighted by Crippen LogP contribution is 2.37. The largest absolute Gasteiger partial charge is 0.416 e. The molecule has 3 rings (SSSR count). The van der Waals surface area contributed by atoms with Gasteiger partial charge in [0.05, 0.1) is 21.8 Å². The first-order valence-corrected chi connectivity index (χ1v) is 8.05. The van der Waals surface area contributed by atoms with Gasteiger partial charge in [0.25, 0.3) is 0 Å². The van der Waals surface area contributed by atoms with Gasteiger partial charge < -0.3 is 4.98 Å². The first kappa shape index (κ1) is 19.4. The number of aromatic amines is 1. The van der Waals surface area contributed by atoms with Crippen LogP contribution in [0.15, 0.2) is 18.3 Å². The molecular formula is C16H6Cl2F3N7. The lowest BCUT2D eigenvalue weighted by Gasteiger charge is -2.11. The third kappa shape index (κ3) is 3.83. The summed E-state index contributed by atoms with van der Waals surface area (Å²) in [5.41, 5.74) is -0.714. The van der Waals surface area contributed by atoms with Crippen LogP contribution in [0.1, 0.15) is 28.5 Å². The van der Waals surface area contributed by atoms with Crippen molar-refractivity contribution in [2.24, 2.45) is 0 Å². The van der Waals surface area contributed by atoms with Gasteiger partial charge >= 0.3 is 6.18 Å². The molecule has 1 aromatic carbocycles. The Hall–Kier alpha value is -3.34. The van der Waals surface area contributed by atoms with Crippen LogP contribution in [0.5, 0.6) is 0 Å². The standard InChI is InChI=1S/C16H6Cl2F3N7/c17-10-3-8(16(19,20)21)4-11(18)15(10)28-24-7-9(27-28)1-2-14-25-12(5-22)13(6-23)26-14/h1-4,7H,(H,25,26). The predicted octanol–water partition coefficient (Wildman–Crippen LogP) is 4.23. The minimum atomic E-state index is -4.59. The highest BCUT2D eigenvalue weighted by molar-refractivity contribution is 6.37. The third-order valence-corrected chi connectivity index (χ3v) is 3.98. The highest BCUT2D eigenvalue weighted by Gasteiger charge is 2.32. The molecule has 140 valence electrons. The van der Waals surface area contributed by atoms with Crippen molar-refractivity contribution in [2.45, 2.75) is 6.18 Å². The van der Waals surface area contributed by atoms with E-state index in [1.165, 1.54) is 18.3 Å². The number of hydrogen-bond acceptors (Lipinski definition) is 5. The molecule has 7 nitrogen and oxygen atoms in total. The van der Waals surface area contributed by atoms with Crippen molar-refractivity contribution in [3.8, 4) is 17.8 Å². The minimum Gasteiger partial charge on any atom is -0.329 e. The zero-order valence-electron chi connectivity index (χ0n) is 13.5. The molecule has 0 fully saturated rings. The normalized spacial score (nSPS) is 11.5. The van der Waals surface area contributed by atoms with Crippen LogP contribution >= 0.6 is 23.2 Å². The number of nitriles is 2. The van der Waals surface area contributed by atoms with Gasteiger partial charge in [-0.2, -0.15) is 28.8 Å². The minimum absolute atomic E-state index is 0.00693. The van der Waals surface area contributed by atoms with Gasteiger partial charge in [0.15, 0.2) is 11.4 Å². The number of halogens is 5. The van der Waals surface area contributed by atoms with E-state index in [9.17, 15) is 13.2 Å². The number of nitrogens with one attached hydrogen (secondary N) is 1. The topological polar surface area (TPSA) is 107 Å². The second-order valence-corrected chi connectivity index (χ2v) is 6.06. The molecule has 0 radical (unpaired) electrons. The maximum absolute atomic E-state index is 12.8. The molecule has 0 aliphatic carbocycles. The van der Waals surface area contributed by atoms with Crippen LogP contribution in [0.4, 0.5) is 13.2 Å². The summed E-state index contributed by atoms with van der Waals surface area (Å²) in [7, 11) is 0. The first-order chi connectivity index (χ1) is 13.2. The number of nitrogens with zero attached hydrogens (tertiary/aromatic N) is 6. The number of aromatic nitrogens is 5. The summed E-state index contributed by atoms with van der Waals surface area (Å²) in [4.78, 5) is 7.55. The molecule has 28 heavy (non-hydrogen) atoms. The molecule has 0 atom stereocenters. The van der Waals surface area contributed by atoms with E-state index < -0.39 is 11.7 Å². The molecule has 0 amide bonds. The molecule has 2 heterocycles. The fourth-order valence-corrected chi connectivity index (χ4v) is 2.81. The summed E-state index contributed by atoms with van der Waals surface area (Å²) in [6, 6.07) is 5.05. The second-order valence-electron chi connectivity index (χ2n) is 5.25. The van der Waals surface area contributed by atoms with Crippen molar-refractivity contribution in [3.63, 3.8) is 0 Å². The van der Waals surface area contributed by atoms with Crippen molar-refractivity contribution in [1.82, 2.24) is 25.0 Å². The van der Waals surface area contributed by atoms with E-state index in [1.807, 2.05) is 0 Å². The fourth-order valence-electron chi connectivity index (χ4n) is 2.18. The van der Waals surface area contributed by atoms with Crippen LogP contribution in [0, 0.1) is 22.7 Å². The van der Waals surface area contributed by atoms with Crippen molar-refractivity contribution in [3.05, 3.63) is 56.8 Å². The van der Waals surface area contributed by atoms with Gasteiger partial charge in [-0.3, -0.25) is 0 Å². The smallest absolute Gasteiger partial charge is 0.329 e. The SMILES string of the molecule is N#Cc1nc(C=Cc2cnn(-c3c(Cl)cc(C(F)(F)F)cc3Cl)n2)[nH]c1C#N. The maximum atomic E-state index is 12.8. The molecule has 3 aromatic rings. The molecule has 0 spiro atoms. The number of alkyl halides is 3. The summed E-state index contributed by atoms with van der Waals surface area (Å²) in [6.07, 6.45) is -0.354. The molecule has 0 saturated heterocycles. The van der Waals surface area contributed by atoms with Crippen LogP contribution in [-0.2, 0) is 6.18 Å². The van der Waals surface area contributed by atoms with E-state index in [-0.39, 0.29) is 32.9 Å². The number of rotatable bonds is 3. The fraction of sp³-hybridized carbons (Fsp3) is 0.0625. The Morgan fingerprint density at radius 1 is 1.11 bits per heavy atom. The lowest BCUT2D eigenvalue weighted by atomic mass is 10.2. The Morgan fingerprint density at radius 3 is 2.32 bits per heavy atom. The van der Waals surface area contributed by atoms with Crippen molar-refractivity contribution >= 4 is 35.4 Å². The van der Waals surface area contributed by atoms with E-state index in [4.69, 9.17) is 33.7 Å². The van der Waals surface area contributed by atoms with Crippen LogP contribution < -0.4 is 0 Å². The van der Waals surface area contributed by atoms with E-state index >= 15 is 0 Å². The zero-order valence-corrected chi connectivity index (χ0v) is 15.0. The number of hydrogen-bond donors (Lipinski definition) is 1. The van der Waals surface area contributed by atoms with Crippen LogP contribution in [-0.4, -0.2) is 25.0 Å². The Labute approximate surface area is 165 Å². The van der Waals surface area contributed by atoms with Gasteiger partial charge in [-0.25, -0.2) is 4.98 Å². The molecule has 0 saturated carbocycles. The average molecular weight is 424 g/mol. The summed E-state index contributed by atoms with van der Waals surface area (Å²) in [5.74, 6) is 0.244. The lowest BCUT2D eigenvalue weighted by Crippen LogP contribution is -2.07. The van der Waals surface area contributed by atoms with Crippen molar-refractivity contribution in [2.75, 3.05) is 0 Å². The Morgan fingerprint density at radius 2 is 1.79 bits per heavy atom. The number of benzene rings is 1. The molecule has 2 aromatic heterocycles.